The molecule has 184 valence electrons. The van der Waals surface area contributed by atoms with Crippen LogP contribution in [-0.4, -0.2) is 31.7 Å². The molecule has 4 rings (SSSR count). The van der Waals surface area contributed by atoms with Gasteiger partial charge in [0.2, 0.25) is 15.9 Å². The number of nitrogens with one attached hydrogen (secondary N) is 1. The second kappa shape index (κ2) is 11.6. The number of aryl methyl sites for hydroxylation is 1. The maximum Gasteiger partial charge on any atom is 0.227 e. The Balaban J connectivity index is 1.29. The van der Waals surface area contributed by atoms with Gasteiger partial charge >= 0.3 is 0 Å². The topological polar surface area (TPSA) is 66.5 Å². The first-order valence-corrected chi connectivity index (χ1v) is 14.6. The third-order valence-corrected chi connectivity index (χ3v) is 9.49. The second-order valence-corrected chi connectivity index (χ2v) is 12.2. The van der Waals surface area contributed by atoms with Crippen molar-refractivity contribution in [3.63, 3.8) is 0 Å². The Labute approximate surface area is 216 Å². The normalized spacial score (nSPS) is 15.1. The predicted octanol–water partition coefficient (Wildman–Crippen LogP) is 6.12. The number of anilines is 1. The van der Waals surface area contributed by atoms with E-state index in [9.17, 15) is 13.2 Å². The van der Waals surface area contributed by atoms with Crippen molar-refractivity contribution in [1.29, 1.82) is 0 Å². The Morgan fingerprint density at radius 1 is 1.03 bits per heavy atom. The highest BCUT2D eigenvalue weighted by Gasteiger charge is 2.31. The van der Waals surface area contributed by atoms with E-state index in [1.54, 1.807) is 36.0 Å². The highest BCUT2D eigenvalue weighted by atomic mass is 35.5. The Morgan fingerprint density at radius 2 is 1.71 bits per heavy atom. The van der Waals surface area contributed by atoms with E-state index in [0.717, 1.165) is 17.0 Å². The first kappa shape index (κ1) is 25.8. The summed E-state index contributed by atoms with van der Waals surface area (Å²) in [5.41, 5.74) is 3.61. The van der Waals surface area contributed by atoms with Crippen LogP contribution >= 0.6 is 23.4 Å². The summed E-state index contributed by atoms with van der Waals surface area (Å²) in [7, 11) is -3.49. The number of halogens is 1. The summed E-state index contributed by atoms with van der Waals surface area (Å²) in [6.45, 7) is 2.66. The molecule has 3 aromatic carbocycles. The molecule has 0 aliphatic carbocycles. The van der Waals surface area contributed by atoms with Crippen molar-refractivity contribution in [3.8, 4) is 0 Å². The van der Waals surface area contributed by atoms with Gasteiger partial charge < -0.3 is 5.32 Å². The summed E-state index contributed by atoms with van der Waals surface area (Å²) >= 11 is 7.92. The van der Waals surface area contributed by atoms with Crippen LogP contribution in [0.2, 0.25) is 5.02 Å². The van der Waals surface area contributed by atoms with Gasteiger partial charge in [0, 0.05) is 40.4 Å². The zero-order chi connectivity index (χ0) is 24.8. The molecule has 1 saturated heterocycles. The van der Waals surface area contributed by atoms with Gasteiger partial charge in [-0.25, -0.2) is 12.7 Å². The molecular weight excluding hydrogens is 500 g/mol. The number of sulfonamides is 1. The molecule has 3 aromatic rings. The molecule has 0 bridgehead atoms. The van der Waals surface area contributed by atoms with E-state index < -0.39 is 10.0 Å². The van der Waals surface area contributed by atoms with E-state index in [2.05, 4.69) is 23.5 Å². The van der Waals surface area contributed by atoms with E-state index in [1.807, 2.05) is 37.3 Å². The van der Waals surface area contributed by atoms with Gasteiger partial charge in [-0.2, -0.15) is 0 Å². The van der Waals surface area contributed by atoms with Crippen LogP contribution < -0.4 is 5.32 Å². The lowest BCUT2D eigenvalue weighted by molar-refractivity contribution is -0.120. The molecule has 1 amide bonds. The molecule has 0 saturated carbocycles. The van der Waals surface area contributed by atoms with Gasteiger partial charge in [0.15, 0.2) is 0 Å². The van der Waals surface area contributed by atoms with Gasteiger partial charge in [-0.05, 0) is 60.7 Å². The molecule has 0 spiro atoms. The lowest BCUT2D eigenvalue weighted by Gasteiger charge is -2.30. The minimum atomic E-state index is -3.49. The molecular formula is C27H29ClN2O3S2. The van der Waals surface area contributed by atoms with Crippen LogP contribution in [0.25, 0.3) is 0 Å². The highest BCUT2D eigenvalue weighted by molar-refractivity contribution is 7.98. The molecule has 35 heavy (non-hydrogen) atoms. The van der Waals surface area contributed by atoms with E-state index in [-0.39, 0.29) is 17.6 Å². The van der Waals surface area contributed by atoms with Crippen LogP contribution in [-0.2, 0) is 26.3 Å². The number of benzene rings is 3. The quantitative estimate of drug-likeness (QED) is 0.358. The molecule has 8 heteroatoms. The Hall–Kier alpha value is -2.32. The second-order valence-electron chi connectivity index (χ2n) is 8.76. The van der Waals surface area contributed by atoms with Gasteiger partial charge in [-0.1, -0.05) is 60.1 Å². The molecule has 0 atom stereocenters. The molecule has 1 fully saturated rings. The number of thioether (sulfide) groups is 1. The number of hydrogen-bond donors (Lipinski definition) is 1. The third kappa shape index (κ3) is 6.88. The van der Waals surface area contributed by atoms with Crippen molar-refractivity contribution >= 4 is 45.0 Å². The Bertz CT molecular complexity index is 1270. The van der Waals surface area contributed by atoms with Gasteiger partial charge in [-0.15, -0.1) is 11.8 Å². The van der Waals surface area contributed by atoms with Crippen molar-refractivity contribution in [2.45, 2.75) is 36.2 Å². The third-order valence-electron chi connectivity index (χ3n) is 6.21. The molecule has 0 radical (unpaired) electrons. The smallest absolute Gasteiger partial charge is 0.227 e. The summed E-state index contributed by atoms with van der Waals surface area (Å²) in [5.74, 6) is 0.467. The number of piperidine rings is 1. The van der Waals surface area contributed by atoms with Crippen molar-refractivity contribution in [3.05, 3.63) is 94.5 Å². The summed E-state index contributed by atoms with van der Waals surface area (Å²) < 4.78 is 27.2. The predicted molar refractivity (Wildman–Crippen MR) is 144 cm³/mol. The molecule has 1 aliphatic rings. The average Bonchev–Trinajstić information content (AvgIpc) is 2.86. The zero-order valence-electron chi connectivity index (χ0n) is 19.6. The monoisotopic (exact) mass is 528 g/mol. The zero-order valence-corrected chi connectivity index (χ0v) is 22.0. The number of amides is 1. The summed E-state index contributed by atoms with van der Waals surface area (Å²) in [6, 6.07) is 23.4. The molecule has 1 aliphatic heterocycles. The molecule has 5 nitrogen and oxygen atoms in total. The van der Waals surface area contributed by atoms with Crippen molar-refractivity contribution in [1.82, 2.24) is 4.31 Å². The van der Waals surface area contributed by atoms with Crippen LogP contribution in [0, 0.1) is 12.8 Å². The number of nitrogens with zero attached hydrogens (tertiary/aromatic N) is 1. The lowest BCUT2D eigenvalue weighted by atomic mass is 9.97. The number of carbonyl (C=O) groups is 1. The van der Waals surface area contributed by atoms with Crippen LogP contribution in [0.3, 0.4) is 0 Å². The summed E-state index contributed by atoms with van der Waals surface area (Å²) in [5, 5.41) is 3.50. The highest BCUT2D eigenvalue weighted by Crippen LogP contribution is 2.27. The first-order valence-electron chi connectivity index (χ1n) is 11.6. The van der Waals surface area contributed by atoms with Crippen LogP contribution in [0.5, 0.6) is 0 Å². The fourth-order valence-electron chi connectivity index (χ4n) is 4.17. The van der Waals surface area contributed by atoms with Crippen LogP contribution in [0.1, 0.15) is 29.5 Å². The lowest BCUT2D eigenvalue weighted by Crippen LogP contribution is -2.42. The molecule has 1 heterocycles. The number of rotatable bonds is 8. The van der Waals surface area contributed by atoms with Gasteiger partial charge in [0.1, 0.15) is 0 Å². The minimum absolute atomic E-state index is 0.0531. The fourth-order valence-corrected chi connectivity index (χ4v) is 6.91. The van der Waals surface area contributed by atoms with Gasteiger partial charge in [-0.3, -0.25) is 4.79 Å². The maximum atomic E-state index is 12.9. The van der Waals surface area contributed by atoms with Crippen LogP contribution in [0.4, 0.5) is 5.69 Å². The summed E-state index contributed by atoms with van der Waals surface area (Å²) in [4.78, 5) is 14.1. The van der Waals surface area contributed by atoms with Crippen LogP contribution in [0.15, 0.2) is 77.7 Å². The number of hydrogen-bond acceptors (Lipinski definition) is 4. The molecule has 0 unspecified atom stereocenters. The Morgan fingerprint density at radius 3 is 2.40 bits per heavy atom. The fraction of sp³-hybridized carbons (Fsp3) is 0.296. The average molecular weight is 529 g/mol. The van der Waals surface area contributed by atoms with Crippen molar-refractivity contribution in [2.24, 2.45) is 5.92 Å². The SMILES string of the molecule is Cc1cc(CSc2ccccc2)ccc1NC(=O)C1CCN(S(=O)(=O)Cc2ccccc2Cl)CC1. The van der Waals surface area contributed by atoms with E-state index in [0.29, 0.717) is 36.5 Å². The summed E-state index contributed by atoms with van der Waals surface area (Å²) in [6.07, 6.45) is 0.997. The van der Waals surface area contributed by atoms with E-state index in [4.69, 9.17) is 11.6 Å². The van der Waals surface area contributed by atoms with Crippen molar-refractivity contribution < 1.29 is 13.2 Å². The maximum absolute atomic E-state index is 12.9. The first-order chi connectivity index (χ1) is 16.8. The molecule has 0 aromatic heterocycles. The largest absolute Gasteiger partial charge is 0.326 e. The van der Waals surface area contributed by atoms with Gasteiger partial charge in [0.05, 0.1) is 5.75 Å². The van der Waals surface area contributed by atoms with E-state index >= 15 is 0 Å². The number of carbonyl (C=O) groups excluding carboxylic acids is 1. The van der Waals surface area contributed by atoms with Gasteiger partial charge in [0.25, 0.3) is 0 Å². The Kier molecular flexibility index (Phi) is 8.55. The standard InChI is InChI=1S/C27H29ClN2O3S2/c1-20-17-21(18-34-24-8-3-2-4-9-24)11-12-26(20)29-27(31)22-13-15-30(16-14-22)35(32,33)19-23-7-5-6-10-25(23)28/h2-12,17,22H,13-16,18-19H2,1H3,(H,29,31). The molecule has 1 N–H and O–H groups in total. The van der Waals surface area contributed by atoms with Crippen molar-refractivity contribution in [2.75, 3.05) is 18.4 Å². The van der Waals surface area contributed by atoms with E-state index in [1.165, 1.54) is 14.8 Å². The minimum Gasteiger partial charge on any atom is -0.326 e.